The van der Waals surface area contributed by atoms with Crippen molar-refractivity contribution in [1.82, 2.24) is 0 Å². The van der Waals surface area contributed by atoms with Crippen molar-refractivity contribution < 1.29 is 14.6 Å². The number of rotatable bonds is 3. The van der Waals surface area contributed by atoms with Crippen LogP contribution >= 0.6 is 0 Å². The summed E-state index contributed by atoms with van der Waals surface area (Å²) in [7, 11) is 0. The Morgan fingerprint density at radius 3 is 2.65 bits per heavy atom. The Hall–Kier alpha value is -1.51. The van der Waals surface area contributed by atoms with Crippen molar-refractivity contribution in [1.29, 1.82) is 0 Å². The first-order valence-corrected chi connectivity index (χ1v) is 6.15. The van der Waals surface area contributed by atoms with Crippen molar-refractivity contribution in [3.63, 3.8) is 0 Å². The SMILES string of the molecule is CC1CCC(Oc2cccc(C(=O)O)c2)CC1. The average Bonchev–Trinajstić information content (AvgIpc) is 2.32. The molecule has 0 atom stereocenters. The number of carboxylic acids is 1. The van der Waals surface area contributed by atoms with E-state index in [4.69, 9.17) is 9.84 Å². The summed E-state index contributed by atoms with van der Waals surface area (Å²) in [6.45, 7) is 2.27. The zero-order chi connectivity index (χ0) is 12.3. The maximum atomic E-state index is 10.8. The molecule has 1 aliphatic rings. The number of carboxylic acid groups (broad SMARTS) is 1. The van der Waals surface area contributed by atoms with Gasteiger partial charge in [0, 0.05) is 0 Å². The van der Waals surface area contributed by atoms with Gasteiger partial charge in [-0.3, -0.25) is 0 Å². The second kappa shape index (κ2) is 5.21. The van der Waals surface area contributed by atoms with Crippen LogP contribution in [0.2, 0.25) is 0 Å². The fraction of sp³-hybridized carbons (Fsp3) is 0.500. The van der Waals surface area contributed by atoms with E-state index < -0.39 is 5.97 Å². The maximum Gasteiger partial charge on any atom is 0.335 e. The number of hydrogen-bond acceptors (Lipinski definition) is 2. The smallest absolute Gasteiger partial charge is 0.335 e. The lowest BCUT2D eigenvalue weighted by Crippen LogP contribution is -2.23. The highest BCUT2D eigenvalue weighted by Crippen LogP contribution is 2.27. The topological polar surface area (TPSA) is 46.5 Å². The Morgan fingerprint density at radius 1 is 1.29 bits per heavy atom. The Bertz CT molecular complexity index is 392. The summed E-state index contributed by atoms with van der Waals surface area (Å²) in [5.74, 6) is 0.553. The highest BCUT2D eigenvalue weighted by Gasteiger charge is 2.19. The molecule has 0 bridgehead atoms. The van der Waals surface area contributed by atoms with E-state index >= 15 is 0 Å². The quantitative estimate of drug-likeness (QED) is 0.872. The lowest BCUT2D eigenvalue weighted by Gasteiger charge is -2.26. The first-order valence-electron chi connectivity index (χ1n) is 6.15. The Morgan fingerprint density at radius 2 is 2.00 bits per heavy atom. The van der Waals surface area contributed by atoms with Gasteiger partial charge in [-0.05, 0) is 49.8 Å². The van der Waals surface area contributed by atoms with E-state index in [9.17, 15) is 4.79 Å². The summed E-state index contributed by atoms with van der Waals surface area (Å²) in [6.07, 6.45) is 4.78. The normalized spacial score (nSPS) is 24.3. The predicted octanol–water partition coefficient (Wildman–Crippen LogP) is 3.34. The molecular formula is C14H18O3. The van der Waals surface area contributed by atoms with Crippen LogP contribution in [0.1, 0.15) is 43.0 Å². The fourth-order valence-corrected chi connectivity index (χ4v) is 2.24. The fourth-order valence-electron chi connectivity index (χ4n) is 2.24. The van der Waals surface area contributed by atoms with Crippen LogP contribution in [0.15, 0.2) is 24.3 Å². The summed E-state index contributed by atoms with van der Waals surface area (Å²) in [6, 6.07) is 6.73. The van der Waals surface area contributed by atoms with E-state index in [1.165, 1.54) is 12.8 Å². The Balaban J connectivity index is 1.98. The first kappa shape index (κ1) is 12.0. The predicted molar refractivity (Wildman–Crippen MR) is 65.4 cm³/mol. The average molecular weight is 234 g/mol. The van der Waals surface area contributed by atoms with Crippen molar-refractivity contribution in [2.75, 3.05) is 0 Å². The number of carbonyl (C=O) groups is 1. The van der Waals surface area contributed by atoms with E-state index in [0.29, 0.717) is 5.75 Å². The van der Waals surface area contributed by atoms with Crippen molar-refractivity contribution >= 4 is 5.97 Å². The van der Waals surface area contributed by atoms with Gasteiger partial charge in [0.2, 0.25) is 0 Å². The third-order valence-corrected chi connectivity index (χ3v) is 3.35. The molecule has 0 aromatic heterocycles. The molecule has 2 rings (SSSR count). The van der Waals surface area contributed by atoms with Gasteiger partial charge in [0.1, 0.15) is 5.75 Å². The maximum absolute atomic E-state index is 10.8. The molecule has 1 aromatic rings. The minimum absolute atomic E-state index is 0.246. The number of hydrogen-bond donors (Lipinski definition) is 1. The second-order valence-corrected chi connectivity index (χ2v) is 4.83. The minimum atomic E-state index is -0.910. The highest BCUT2D eigenvalue weighted by atomic mass is 16.5. The summed E-state index contributed by atoms with van der Waals surface area (Å²) < 4.78 is 5.83. The van der Waals surface area contributed by atoms with Crippen molar-refractivity contribution in [3.8, 4) is 5.75 Å². The molecular weight excluding hydrogens is 216 g/mol. The van der Waals surface area contributed by atoms with Crippen LogP contribution in [0.3, 0.4) is 0 Å². The Kier molecular flexibility index (Phi) is 3.67. The molecule has 0 unspecified atom stereocenters. The van der Waals surface area contributed by atoms with Gasteiger partial charge in [-0.2, -0.15) is 0 Å². The molecule has 0 heterocycles. The summed E-state index contributed by atoms with van der Waals surface area (Å²) in [5.41, 5.74) is 0.284. The lowest BCUT2D eigenvalue weighted by atomic mass is 9.89. The molecule has 0 aliphatic heterocycles. The highest BCUT2D eigenvalue weighted by molar-refractivity contribution is 5.87. The van der Waals surface area contributed by atoms with Crippen LogP contribution in [-0.2, 0) is 0 Å². The molecule has 3 heteroatoms. The monoisotopic (exact) mass is 234 g/mol. The summed E-state index contributed by atoms with van der Waals surface area (Å²) >= 11 is 0. The van der Waals surface area contributed by atoms with E-state index in [2.05, 4.69) is 6.92 Å². The van der Waals surface area contributed by atoms with Crippen LogP contribution < -0.4 is 4.74 Å². The van der Waals surface area contributed by atoms with Gasteiger partial charge in [0.15, 0.2) is 0 Å². The van der Waals surface area contributed by atoms with E-state index in [1.54, 1.807) is 18.2 Å². The second-order valence-electron chi connectivity index (χ2n) is 4.83. The molecule has 0 spiro atoms. The van der Waals surface area contributed by atoms with Crippen LogP contribution in [0.5, 0.6) is 5.75 Å². The molecule has 3 nitrogen and oxygen atoms in total. The van der Waals surface area contributed by atoms with Gasteiger partial charge < -0.3 is 9.84 Å². The van der Waals surface area contributed by atoms with Crippen LogP contribution in [0, 0.1) is 5.92 Å². The van der Waals surface area contributed by atoms with Gasteiger partial charge in [-0.1, -0.05) is 13.0 Å². The lowest BCUT2D eigenvalue weighted by molar-refractivity contribution is 0.0695. The number of benzene rings is 1. The van der Waals surface area contributed by atoms with Crippen molar-refractivity contribution in [2.24, 2.45) is 5.92 Å². The molecule has 0 amide bonds. The molecule has 1 saturated carbocycles. The van der Waals surface area contributed by atoms with Crippen molar-refractivity contribution in [2.45, 2.75) is 38.7 Å². The van der Waals surface area contributed by atoms with Gasteiger partial charge in [0.25, 0.3) is 0 Å². The first-order chi connectivity index (χ1) is 8.15. The van der Waals surface area contributed by atoms with Crippen LogP contribution in [-0.4, -0.2) is 17.2 Å². The minimum Gasteiger partial charge on any atom is -0.490 e. The molecule has 1 aliphatic carbocycles. The molecule has 1 aromatic carbocycles. The third kappa shape index (κ3) is 3.22. The molecule has 0 saturated heterocycles. The Labute approximate surface area is 101 Å². The van der Waals surface area contributed by atoms with Gasteiger partial charge >= 0.3 is 5.97 Å². The van der Waals surface area contributed by atoms with Crippen LogP contribution in [0.4, 0.5) is 0 Å². The van der Waals surface area contributed by atoms with E-state index in [0.717, 1.165) is 18.8 Å². The summed E-state index contributed by atoms with van der Waals surface area (Å²) in [4.78, 5) is 10.8. The molecule has 1 fully saturated rings. The third-order valence-electron chi connectivity index (χ3n) is 3.35. The molecule has 0 radical (unpaired) electrons. The molecule has 92 valence electrons. The molecule has 17 heavy (non-hydrogen) atoms. The van der Waals surface area contributed by atoms with Crippen LogP contribution in [0.25, 0.3) is 0 Å². The number of ether oxygens (including phenoxy) is 1. The van der Waals surface area contributed by atoms with Gasteiger partial charge in [-0.15, -0.1) is 0 Å². The largest absolute Gasteiger partial charge is 0.490 e. The van der Waals surface area contributed by atoms with E-state index in [1.807, 2.05) is 6.07 Å². The zero-order valence-corrected chi connectivity index (χ0v) is 10.1. The zero-order valence-electron chi connectivity index (χ0n) is 10.1. The summed E-state index contributed by atoms with van der Waals surface area (Å²) in [5, 5.41) is 8.89. The van der Waals surface area contributed by atoms with Crippen molar-refractivity contribution in [3.05, 3.63) is 29.8 Å². The van der Waals surface area contributed by atoms with Gasteiger partial charge in [-0.25, -0.2) is 4.79 Å². The number of aromatic carboxylic acids is 1. The van der Waals surface area contributed by atoms with Gasteiger partial charge in [0.05, 0.1) is 11.7 Å². The van der Waals surface area contributed by atoms with E-state index in [-0.39, 0.29) is 11.7 Å². The standard InChI is InChI=1S/C14H18O3/c1-10-5-7-12(8-6-10)17-13-4-2-3-11(9-13)14(15)16/h2-4,9-10,12H,5-8H2,1H3,(H,15,16). The molecule has 1 N–H and O–H groups in total.